The number of carbonyl (C=O) groups is 2. The molecule has 2 aliphatic heterocycles. The number of halogens is 6. The van der Waals surface area contributed by atoms with Crippen molar-refractivity contribution in [3.63, 3.8) is 0 Å². The van der Waals surface area contributed by atoms with Crippen molar-refractivity contribution in [1.82, 2.24) is 19.8 Å². The number of rotatable bonds is 4. The van der Waals surface area contributed by atoms with Crippen LogP contribution < -0.4 is 4.90 Å². The molecule has 2 saturated carbocycles. The zero-order valence-corrected chi connectivity index (χ0v) is 21.2. The summed E-state index contributed by atoms with van der Waals surface area (Å²) in [6, 6.07) is 2.72. The molecule has 9 nitrogen and oxygen atoms in total. The SMILES string of the molecule is O=C(O)C(F)(F)F.O=C(O)C(F)(F)F.c1cnc(N2CCN(C3CCC[C@@H]4CN(CC5CC5)C[C@H]34)CC2)nc1. The van der Waals surface area contributed by atoms with Crippen molar-refractivity contribution >= 4 is 17.9 Å². The number of likely N-dealkylation sites (tertiary alicyclic amines) is 1. The number of aromatic nitrogens is 2. The van der Waals surface area contributed by atoms with E-state index in [-0.39, 0.29) is 0 Å². The summed E-state index contributed by atoms with van der Waals surface area (Å²) in [6.45, 7) is 8.64. The predicted molar refractivity (Wildman–Crippen MR) is 127 cm³/mol. The van der Waals surface area contributed by atoms with Gasteiger partial charge in [-0.05, 0) is 49.5 Å². The highest BCUT2D eigenvalue weighted by Gasteiger charge is 2.44. The summed E-state index contributed by atoms with van der Waals surface area (Å²) in [5.74, 6) is -1.69. The molecule has 1 unspecified atom stereocenters. The molecule has 220 valence electrons. The van der Waals surface area contributed by atoms with Gasteiger partial charge >= 0.3 is 24.3 Å². The maximum Gasteiger partial charge on any atom is 0.490 e. The number of hydrogen-bond donors (Lipinski definition) is 2. The average molecular weight is 570 g/mol. The smallest absolute Gasteiger partial charge is 0.475 e. The van der Waals surface area contributed by atoms with Crippen LogP contribution in [0.3, 0.4) is 0 Å². The van der Waals surface area contributed by atoms with Crippen LogP contribution in [0.25, 0.3) is 0 Å². The van der Waals surface area contributed by atoms with Gasteiger partial charge in [-0.3, -0.25) is 4.90 Å². The molecule has 1 aromatic rings. The largest absolute Gasteiger partial charge is 0.490 e. The Bertz CT molecular complexity index is 915. The fraction of sp³-hybridized carbons (Fsp3) is 0.750. The lowest BCUT2D eigenvalue weighted by Gasteiger charge is -2.45. The van der Waals surface area contributed by atoms with Crippen molar-refractivity contribution in [3.8, 4) is 0 Å². The molecule has 1 aromatic heterocycles. The van der Waals surface area contributed by atoms with Gasteiger partial charge in [-0.15, -0.1) is 0 Å². The minimum absolute atomic E-state index is 0.821. The lowest BCUT2D eigenvalue weighted by atomic mass is 9.77. The number of carboxylic acids is 2. The molecule has 15 heteroatoms. The first kappa shape index (κ1) is 30.9. The third kappa shape index (κ3) is 9.48. The van der Waals surface area contributed by atoms with Gasteiger partial charge in [0.05, 0.1) is 0 Å². The Morgan fingerprint density at radius 1 is 0.846 bits per heavy atom. The van der Waals surface area contributed by atoms with Gasteiger partial charge < -0.3 is 20.0 Å². The molecule has 0 amide bonds. The van der Waals surface area contributed by atoms with Crippen molar-refractivity contribution in [1.29, 1.82) is 0 Å². The molecule has 0 radical (unpaired) electrons. The van der Waals surface area contributed by atoms with Crippen LogP contribution in [-0.2, 0) is 9.59 Å². The van der Waals surface area contributed by atoms with E-state index in [0.717, 1.165) is 42.8 Å². The summed E-state index contributed by atoms with van der Waals surface area (Å²) < 4.78 is 63.5. The summed E-state index contributed by atoms with van der Waals surface area (Å²) in [4.78, 5) is 34.6. The number of anilines is 1. The minimum Gasteiger partial charge on any atom is -0.475 e. The fourth-order valence-corrected chi connectivity index (χ4v) is 5.51. The number of aliphatic carboxylic acids is 2. The normalized spacial score (nSPS) is 26.0. The molecule has 0 aromatic carbocycles. The van der Waals surface area contributed by atoms with E-state index < -0.39 is 24.3 Å². The highest BCUT2D eigenvalue weighted by molar-refractivity contribution is 5.73. The average Bonchev–Trinajstić information content (AvgIpc) is 3.59. The van der Waals surface area contributed by atoms with Gasteiger partial charge in [-0.1, -0.05) is 6.42 Å². The van der Waals surface area contributed by atoms with E-state index in [1.165, 1.54) is 64.8 Å². The Kier molecular flexibility index (Phi) is 10.4. The van der Waals surface area contributed by atoms with Crippen molar-refractivity contribution in [3.05, 3.63) is 18.5 Å². The molecule has 0 bridgehead atoms. The van der Waals surface area contributed by atoms with E-state index in [9.17, 15) is 26.3 Å². The van der Waals surface area contributed by atoms with Crippen LogP contribution in [-0.4, -0.2) is 106 Å². The van der Waals surface area contributed by atoms with Crippen LogP contribution in [0, 0.1) is 17.8 Å². The Labute approximate surface area is 221 Å². The Balaban J connectivity index is 0.000000251. The molecule has 4 fully saturated rings. The Hall–Kier alpha value is -2.68. The third-order valence-corrected chi connectivity index (χ3v) is 7.45. The maximum absolute atomic E-state index is 10.6. The Morgan fingerprint density at radius 3 is 1.87 bits per heavy atom. The highest BCUT2D eigenvalue weighted by Crippen LogP contribution is 2.41. The van der Waals surface area contributed by atoms with E-state index in [0.29, 0.717) is 0 Å². The summed E-state index contributed by atoms with van der Waals surface area (Å²) >= 11 is 0. The summed E-state index contributed by atoms with van der Waals surface area (Å²) in [6.07, 6.45) is 0.837. The van der Waals surface area contributed by atoms with Crippen molar-refractivity contribution in [2.24, 2.45) is 17.8 Å². The van der Waals surface area contributed by atoms with Gasteiger partial charge in [-0.2, -0.15) is 26.3 Å². The van der Waals surface area contributed by atoms with Crippen molar-refractivity contribution in [2.45, 2.75) is 50.5 Å². The van der Waals surface area contributed by atoms with Crippen LogP contribution in [0.1, 0.15) is 32.1 Å². The first-order chi connectivity index (χ1) is 18.3. The van der Waals surface area contributed by atoms with Gasteiger partial charge in [0.1, 0.15) is 0 Å². The van der Waals surface area contributed by atoms with Gasteiger partial charge in [0, 0.05) is 64.2 Å². The molecule has 2 aliphatic carbocycles. The number of fused-ring (bicyclic) bond motifs is 1. The summed E-state index contributed by atoms with van der Waals surface area (Å²) in [5.41, 5.74) is 0. The molecule has 4 aliphatic rings. The first-order valence-corrected chi connectivity index (χ1v) is 12.8. The molecule has 5 rings (SSSR count). The number of hydrogen-bond acceptors (Lipinski definition) is 7. The van der Waals surface area contributed by atoms with Crippen LogP contribution in [0.15, 0.2) is 18.5 Å². The van der Waals surface area contributed by atoms with E-state index in [4.69, 9.17) is 19.8 Å². The molecule has 2 N–H and O–H groups in total. The lowest BCUT2D eigenvalue weighted by Crippen LogP contribution is -2.54. The zero-order valence-electron chi connectivity index (χ0n) is 21.2. The molecule has 39 heavy (non-hydrogen) atoms. The van der Waals surface area contributed by atoms with E-state index >= 15 is 0 Å². The van der Waals surface area contributed by atoms with E-state index in [1.54, 1.807) is 0 Å². The molecule has 2 saturated heterocycles. The molecule has 3 atom stereocenters. The van der Waals surface area contributed by atoms with Gasteiger partial charge in [-0.25, -0.2) is 19.6 Å². The lowest BCUT2D eigenvalue weighted by molar-refractivity contribution is -0.193. The molecule has 3 heterocycles. The summed E-state index contributed by atoms with van der Waals surface area (Å²) in [5, 5.41) is 14.2. The predicted octanol–water partition coefficient (Wildman–Crippen LogP) is 3.38. The second-order valence-electron chi connectivity index (χ2n) is 10.3. The standard InChI is InChI=1S/C20H31N5.2C2HF3O2/c1-3-17-14-23(13-16-5-6-16)15-18(17)19(4-1)24-9-11-25(12-10-24)20-21-7-2-8-22-20;2*3-2(4,5)1(6)7/h2,7-8,16-19H,1,3-6,9-15H2;2*(H,6,7)/t17-,18+,19?;;/m1../s1. The fourth-order valence-electron chi connectivity index (χ4n) is 5.51. The van der Waals surface area contributed by atoms with Crippen LogP contribution in [0.2, 0.25) is 0 Å². The van der Waals surface area contributed by atoms with Gasteiger partial charge in [0.15, 0.2) is 0 Å². The number of piperazine rings is 1. The molecule has 0 spiro atoms. The second kappa shape index (κ2) is 13.1. The van der Waals surface area contributed by atoms with Gasteiger partial charge in [0.2, 0.25) is 5.95 Å². The second-order valence-corrected chi connectivity index (χ2v) is 10.3. The number of alkyl halides is 6. The molecular weight excluding hydrogens is 536 g/mol. The summed E-state index contributed by atoms with van der Waals surface area (Å²) in [7, 11) is 0. The van der Waals surface area contributed by atoms with Gasteiger partial charge in [0.25, 0.3) is 0 Å². The maximum atomic E-state index is 10.6. The molecular formula is C24H33F6N5O4. The van der Waals surface area contributed by atoms with Crippen molar-refractivity contribution < 1.29 is 46.1 Å². The van der Waals surface area contributed by atoms with E-state index in [1.807, 2.05) is 18.5 Å². The topological polar surface area (TPSA) is 110 Å². The minimum atomic E-state index is -5.08. The zero-order chi connectivity index (χ0) is 28.8. The number of carboxylic acid groups (broad SMARTS) is 2. The Morgan fingerprint density at radius 2 is 1.38 bits per heavy atom. The third-order valence-electron chi connectivity index (χ3n) is 7.45. The van der Waals surface area contributed by atoms with Crippen molar-refractivity contribution in [2.75, 3.05) is 50.7 Å². The monoisotopic (exact) mass is 569 g/mol. The van der Waals surface area contributed by atoms with Crippen LogP contribution >= 0.6 is 0 Å². The van der Waals surface area contributed by atoms with Crippen LogP contribution in [0.5, 0.6) is 0 Å². The number of nitrogens with zero attached hydrogens (tertiary/aromatic N) is 5. The van der Waals surface area contributed by atoms with E-state index in [2.05, 4.69) is 24.7 Å². The van der Waals surface area contributed by atoms with Crippen LogP contribution in [0.4, 0.5) is 32.3 Å². The highest BCUT2D eigenvalue weighted by atomic mass is 19.4. The quantitative estimate of drug-likeness (QED) is 0.528. The first-order valence-electron chi connectivity index (χ1n) is 12.8.